The molecule has 12 nitrogen and oxygen atoms in total. The summed E-state index contributed by atoms with van der Waals surface area (Å²) in [6, 6.07) is 9.79. The van der Waals surface area contributed by atoms with Crippen molar-refractivity contribution < 1.29 is 36.2 Å². The van der Waals surface area contributed by atoms with E-state index in [1.54, 1.807) is 36.4 Å². The Kier molecular flexibility index (Phi) is 5.85. The van der Waals surface area contributed by atoms with Crippen LogP contribution >= 0.6 is 23.1 Å². The number of nitrogens with zero attached hydrogens (tertiary/aromatic N) is 3. The highest BCUT2D eigenvalue weighted by Crippen LogP contribution is 2.48. The molecule has 0 bridgehead atoms. The molecule has 3 aromatic rings. The highest BCUT2D eigenvalue weighted by Gasteiger charge is 2.46. The SMILES string of the molecule is COc1ccc2sc(NS(=O)(=O)C/C(O)=C3\C(=O)N4C(=NS3(=O)=O)Sc3c(OC)cccc34)nc2c1. The van der Waals surface area contributed by atoms with Gasteiger partial charge in [0.2, 0.25) is 10.0 Å². The van der Waals surface area contributed by atoms with Crippen molar-refractivity contribution in [1.29, 1.82) is 0 Å². The molecule has 2 aliphatic heterocycles. The Morgan fingerprint density at radius 3 is 2.69 bits per heavy atom. The van der Waals surface area contributed by atoms with Crippen molar-refractivity contribution in [2.45, 2.75) is 4.90 Å². The van der Waals surface area contributed by atoms with E-state index < -0.39 is 42.4 Å². The van der Waals surface area contributed by atoms with Crippen LogP contribution in [0.5, 0.6) is 11.5 Å². The number of ether oxygens (including phenoxy) is 2. The molecule has 0 aliphatic carbocycles. The number of thioether (sulfide) groups is 1. The van der Waals surface area contributed by atoms with Crippen LogP contribution in [0.3, 0.4) is 0 Å². The molecular weight excluding hydrogens is 553 g/mol. The quantitative estimate of drug-likeness (QED) is 0.334. The summed E-state index contributed by atoms with van der Waals surface area (Å²) in [6.45, 7) is 0. The van der Waals surface area contributed by atoms with E-state index in [1.807, 2.05) is 0 Å². The van der Waals surface area contributed by atoms with E-state index in [1.165, 1.54) is 14.2 Å². The summed E-state index contributed by atoms with van der Waals surface area (Å²) in [6.07, 6.45) is 0. The molecule has 3 heterocycles. The topological polar surface area (TPSA) is 165 Å². The first kappa shape index (κ1) is 24.4. The predicted octanol–water partition coefficient (Wildman–Crippen LogP) is 2.66. The minimum Gasteiger partial charge on any atom is -0.509 e. The van der Waals surface area contributed by atoms with Crippen LogP contribution in [-0.4, -0.2) is 58.0 Å². The third-order valence-electron chi connectivity index (χ3n) is 5.08. The average molecular weight is 569 g/mol. The van der Waals surface area contributed by atoms with Gasteiger partial charge in [0.15, 0.2) is 15.2 Å². The minimum atomic E-state index is -4.69. The summed E-state index contributed by atoms with van der Waals surface area (Å²) < 4.78 is 67.9. The van der Waals surface area contributed by atoms with Crippen molar-refractivity contribution in [2.75, 3.05) is 29.6 Å². The van der Waals surface area contributed by atoms with Gasteiger partial charge in [0, 0.05) is 6.07 Å². The Bertz CT molecular complexity index is 1710. The van der Waals surface area contributed by atoms with Crippen LogP contribution in [0.2, 0.25) is 0 Å². The van der Waals surface area contributed by atoms with Crippen molar-refractivity contribution in [2.24, 2.45) is 4.40 Å². The molecule has 16 heteroatoms. The number of hydrogen-bond acceptors (Lipinski definition) is 11. The maximum absolute atomic E-state index is 13.2. The number of aliphatic hydroxyl groups is 1. The molecule has 2 N–H and O–H groups in total. The summed E-state index contributed by atoms with van der Waals surface area (Å²) in [7, 11) is -6.15. The number of aliphatic hydroxyl groups excluding tert-OH is 1. The van der Waals surface area contributed by atoms with Gasteiger partial charge in [-0.25, -0.2) is 13.4 Å². The zero-order valence-electron chi connectivity index (χ0n) is 18.5. The van der Waals surface area contributed by atoms with E-state index in [2.05, 4.69) is 14.1 Å². The molecule has 0 atom stereocenters. The van der Waals surface area contributed by atoms with Crippen LogP contribution in [-0.2, 0) is 24.8 Å². The van der Waals surface area contributed by atoms with Gasteiger partial charge < -0.3 is 14.6 Å². The fraction of sp³-hybridized carbons (Fsp3) is 0.150. The first-order valence-electron chi connectivity index (χ1n) is 9.94. The predicted molar refractivity (Wildman–Crippen MR) is 136 cm³/mol. The standard InChI is InChI=1S/C20H16N4O8S4/c1-31-10-6-7-15-11(8-10)21-19(33-15)22-35(27,28)9-13(25)17-18(26)24-12-4-3-5-14(32-2)16(12)34-20(24)23-36(17,29)30/h3-8,25H,9H2,1-2H3,(H,21,22)/b17-13-. The number of amides is 1. The van der Waals surface area contributed by atoms with E-state index in [-0.39, 0.29) is 10.3 Å². The van der Waals surface area contributed by atoms with Crippen LogP contribution in [0.1, 0.15) is 0 Å². The largest absolute Gasteiger partial charge is 0.509 e. The second-order valence-corrected chi connectivity index (χ2v) is 12.7. The number of hydrogen-bond donors (Lipinski definition) is 2. The number of rotatable bonds is 6. The second-order valence-electron chi connectivity index (χ2n) is 7.39. The van der Waals surface area contributed by atoms with Crippen molar-refractivity contribution in [1.82, 2.24) is 4.98 Å². The number of anilines is 2. The van der Waals surface area contributed by atoms with Gasteiger partial charge in [0.1, 0.15) is 23.0 Å². The number of carbonyl (C=O) groups is 1. The van der Waals surface area contributed by atoms with Gasteiger partial charge >= 0.3 is 0 Å². The van der Waals surface area contributed by atoms with Crippen molar-refractivity contribution in [3.8, 4) is 11.5 Å². The molecule has 0 spiro atoms. The molecule has 36 heavy (non-hydrogen) atoms. The zero-order chi connectivity index (χ0) is 25.8. The Morgan fingerprint density at radius 2 is 1.97 bits per heavy atom. The monoisotopic (exact) mass is 568 g/mol. The number of nitrogens with one attached hydrogen (secondary N) is 1. The summed E-state index contributed by atoms with van der Waals surface area (Å²) in [4.78, 5) is 17.7. The Morgan fingerprint density at radius 1 is 1.19 bits per heavy atom. The highest BCUT2D eigenvalue weighted by molar-refractivity contribution is 8.16. The van der Waals surface area contributed by atoms with Crippen molar-refractivity contribution >= 4 is 75.3 Å². The molecule has 1 amide bonds. The van der Waals surface area contributed by atoms with Crippen LogP contribution in [0.4, 0.5) is 10.8 Å². The molecule has 0 unspecified atom stereocenters. The minimum absolute atomic E-state index is 0.00819. The summed E-state index contributed by atoms with van der Waals surface area (Å²) in [5.41, 5.74) is 0.779. The molecule has 2 aliphatic rings. The average Bonchev–Trinajstić information content (AvgIpc) is 3.36. The number of fused-ring (bicyclic) bond motifs is 4. The van der Waals surface area contributed by atoms with E-state index in [4.69, 9.17) is 9.47 Å². The van der Waals surface area contributed by atoms with E-state index in [0.717, 1.165) is 28.0 Å². The van der Waals surface area contributed by atoms with Gasteiger partial charge in [-0.1, -0.05) is 17.4 Å². The van der Waals surface area contributed by atoms with Gasteiger partial charge in [-0.2, -0.15) is 8.42 Å². The van der Waals surface area contributed by atoms with Gasteiger partial charge in [0.05, 0.1) is 35.0 Å². The number of thiazole rings is 1. The third kappa shape index (κ3) is 4.15. The summed E-state index contributed by atoms with van der Waals surface area (Å²) in [5.74, 6) is -2.55. The molecule has 0 fully saturated rings. The third-order valence-corrected chi connectivity index (χ3v) is 9.85. The maximum Gasteiger partial charge on any atom is 0.293 e. The molecule has 1 aromatic heterocycles. The van der Waals surface area contributed by atoms with Gasteiger partial charge in [-0.3, -0.25) is 14.4 Å². The summed E-state index contributed by atoms with van der Waals surface area (Å²) in [5, 5.41) is 10.4. The summed E-state index contributed by atoms with van der Waals surface area (Å²) >= 11 is 1.94. The van der Waals surface area contributed by atoms with Crippen molar-refractivity contribution in [3.05, 3.63) is 47.1 Å². The number of carbonyl (C=O) groups excluding carboxylic acids is 1. The molecule has 188 valence electrons. The van der Waals surface area contributed by atoms with Gasteiger partial charge in [-0.05, 0) is 36.0 Å². The van der Waals surface area contributed by atoms with Crippen molar-refractivity contribution in [3.63, 3.8) is 0 Å². The molecule has 0 radical (unpaired) electrons. The maximum atomic E-state index is 13.2. The zero-order valence-corrected chi connectivity index (χ0v) is 21.7. The number of benzene rings is 2. The molecule has 0 saturated carbocycles. The van der Waals surface area contributed by atoms with Gasteiger partial charge in [0.25, 0.3) is 15.9 Å². The lowest BCUT2D eigenvalue weighted by Crippen LogP contribution is -2.41. The highest BCUT2D eigenvalue weighted by atomic mass is 32.2. The normalized spacial score (nSPS) is 17.9. The molecule has 5 rings (SSSR count). The fourth-order valence-corrected chi connectivity index (χ4v) is 8.26. The van der Waals surface area contributed by atoms with Crippen LogP contribution in [0, 0.1) is 0 Å². The van der Waals surface area contributed by atoms with E-state index in [0.29, 0.717) is 32.3 Å². The first-order chi connectivity index (χ1) is 17.0. The lowest BCUT2D eigenvalue weighted by Gasteiger charge is -2.22. The molecule has 2 aromatic carbocycles. The Balaban J connectivity index is 1.47. The smallest absolute Gasteiger partial charge is 0.293 e. The fourth-order valence-electron chi connectivity index (χ4n) is 3.56. The Hall–Kier alpha value is -3.34. The first-order valence-corrected chi connectivity index (χ1v) is 14.7. The van der Waals surface area contributed by atoms with E-state index >= 15 is 0 Å². The Labute approximate surface area is 213 Å². The number of aromatic nitrogens is 1. The van der Waals surface area contributed by atoms with Crippen LogP contribution < -0.4 is 19.1 Å². The molecular formula is C20H16N4O8S4. The number of sulfonamides is 2. The lowest BCUT2D eigenvalue weighted by atomic mass is 10.2. The van der Waals surface area contributed by atoms with Crippen LogP contribution in [0.15, 0.2) is 56.4 Å². The number of methoxy groups -OCH3 is 2. The number of amidine groups is 1. The van der Waals surface area contributed by atoms with E-state index in [9.17, 15) is 26.7 Å². The van der Waals surface area contributed by atoms with Crippen LogP contribution in [0.25, 0.3) is 10.2 Å². The molecule has 0 saturated heterocycles. The second kappa shape index (κ2) is 8.65. The lowest BCUT2D eigenvalue weighted by molar-refractivity contribution is -0.113. The van der Waals surface area contributed by atoms with Gasteiger partial charge in [-0.15, -0.1) is 4.40 Å².